The maximum Gasteiger partial charge on any atom is 0.276 e. The fourth-order valence-electron chi connectivity index (χ4n) is 1.91. The van der Waals surface area contributed by atoms with Crippen molar-refractivity contribution in [1.82, 2.24) is 9.97 Å². The fraction of sp³-hybridized carbons (Fsp3) is 0.188. The van der Waals surface area contributed by atoms with Crippen LogP contribution in [0.3, 0.4) is 0 Å². The molecule has 0 saturated carbocycles. The molecule has 0 aliphatic heterocycles. The summed E-state index contributed by atoms with van der Waals surface area (Å²) in [6.07, 6.45) is 7.47. The van der Waals surface area contributed by atoms with Crippen LogP contribution in [0.15, 0.2) is 42.7 Å². The monoisotopic (exact) mass is 297 g/mol. The van der Waals surface area contributed by atoms with E-state index in [1.807, 2.05) is 6.92 Å². The quantitative estimate of drug-likeness (QED) is 0.353. The van der Waals surface area contributed by atoms with Crippen LogP contribution in [0.2, 0.25) is 0 Å². The first-order valence-electron chi connectivity index (χ1n) is 6.88. The van der Waals surface area contributed by atoms with Gasteiger partial charge in [0.2, 0.25) is 5.78 Å². The lowest BCUT2D eigenvalue weighted by Crippen LogP contribution is -2.01. The Balaban J connectivity index is 2.16. The van der Waals surface area contributed by atoms with Gasteiger partial charge in [0, 0.05) is 12.3 Å². The number of carbonyl (C=O) groups excluding carboxylic acids is 1. The summed E-state index contributed by atoms with van der Waals surface area (Å²) >= 11 is 0. The van der Waals surface area contributed by atoms with E-state index in [9.17, 15) is 14.9 Å². The van der Waals surface area contributed by atoms with Crippen molar-refractivity contribution in [3.63, 3.8) is 0 Å². The van der Waals surface area contributed by atoms with Gasteiger partial charge in [-0.2, -0.15) is 0 Å². The third-order valence-corrected chi connectivity index (χ3v) is 3.01. The van der Waals surface area contributed by atoms with Gasteiger partial charge in [0.15, 0.2) is 0 Å². The minimum absolute atomic E-state index is 0.0454. The zero-order chi connectivity index (χ0) is 15.9. The van der Waals surface area contributed by atoms with E-state index in [1.165, 1.54) is 24.4 Å². The first-order valence-corrected chi connectivity index (χ1v) is 6.88. The maximum atomic E-state index is 12.0. The molecule has 2 aromatic rings. The van der Waals surface area contributed by atoms with Crippen LogP contribution >= 0.6 is 0 Å². The van der Waals surface area contributed by atoms with Crippen LogP contribution in [0.25, 0.3) is 6.08 Å². The highest BCUT2D eigenvalue weighted by molar-refractivity contribution is 6.05. The topological polar surface area (TPSA) is 86.0 Å². The van der Waals surface area contributed by atoms with Gasteiger partial charge in [-0.15, -0.1) is 0 Å². The van der Waals surface area contributed by atoms with E-state index in [-0.39, 0.29) is 17.2 Å². The molecule has 0 atom stereocenters. The van der Waals surface area contributed by atoms with Crippen molar-refractivity contribution in [2.45, 2.75) is 19.8 Å². The van der Waals surface area contributed by atoms with Crippen molar-refractivity contribution < 1.29 is 9.72 Å². The lowest BCUT2D eigenvalue weighted by molar-refractivity contribution is -0.385. The lowest BCUT2D eigenvalue weighted by atomic mass is 10.1. The first-order chi connectivity index (χ1) is 10.6. The molecule has 0 aliphatic rings. The Labute approximate surface area is 127 Å². The molecular formula is C16H15N3O3. The Hall–Kier alpha value is -2.89. The SMILES string of the molecule is CCCc1cnc(C(=O)/C=C/c2ccccc2[N+](=O)[O-])cn1. The van der Waals surface area contributed by atoms with Crippen LogP contribution in [0.1, 0.15) is 35.1 Å². The van der Waals surface area contributed by atoms with Crippen LogP contribution in [-0.4, -0.2) is 20.7 Å². The Morgan fingerprint density at radius 3 is 2.68 bits per heavy atom. The van der Waals surface area contributed by atoms with E-state index in [2.05, 4.69) is 9.97 Å². The Morgan fingerprint density at radius 2 is 2.05 bits per heavy atom. The van der Waals surface area contributed by atoms with E-state index in [0.717, 1.165) is 18.5 Å². The summed E-state index contributed by atoms with van der Waals surface area (Å²) in [6.45, 7) is 2.04. The highest BCUT2D eigenvalue weighted by Crippen LogP contribution is 2.19. The Bertz CT molecular complexity index is 709. The van der Waals surface area contributed by atoms with Gasteiger partial charge in [-0.05, 0) is 24.6 Å². The normalized spacial score (nSPS) is 10.8. The molecule has 0 spiro atoms. The highest BCUT2D eigenvalue weighted by atomic mass is 16.6. The Morgan fingerprint density at radius 1 is 1.27 bits per heavy atom. The number of ketones is 1. The van der Waals surface area contributed by atoms with Gasteiger partial charge in [-0.25, -0.2) is 4.98 Å². The smallest absolute Gasteiger partial charge is 0.276 e. The molecule has 6 heteroatoms. The molecule has 0 aliphatic carbocycles. The molecule has 0 N–H and O–H groups in total. The van der Waals surface area contributed by atoms with Crippen LogP contribution in [0, 0.1) is 10.1 Å². The summed E-state index contributed by atoms with van der Waals surface area (Å²) in [5, 5.41) is 10.9. The average Bonchev–Trinajstić information content (AvgIpc) is 2.54. The van der Waals surface area contributed by atoms with Crippen LogP contribution in [0.4, 0.5) is 5.69 Å². The third-order valence-electron chi connectivity index (χ3n) is 3.01. The Kier molecular flexibility index (Phi) is 5.08. The number of para-hydroxylation sites is 1. The second-order valence-corrected chi connectivity index (χ2v) is 4.66. The molecule has 0 saturated heterocycles. The molecule has 0 fully saturated rings. The predicted octanol–water partition coefficient (Wildman–Crippen LogP) is 3.23. The molecular weight excluding hydrogens is 282 g/mol. The number of nitrogens with zero attached hydrogens (tertiary/aromatic N) is 3. The van der Waals surface area contributed by atoms with Crippen molar-refractivity contribution in [1.29, 1.82) is 0 Å². The minimum Gasteiger partial charge on any atom is -0.287 e. The van der Waals surface area contributed by atoms with E-state index in [4.69, 9.17) is 0 Å². The van der Waals surface area contributed by atoms with Gasteiger partial charge in [-0.3, -0.25) is 19.9 Å². The number of carbonyl (C=O) groups is 1. The van der Waals surface area contributed by atoms with Crippen LogP contribution < -0.4 is 0 Å². The third kappa shape index (κ3) is 3.82. The van der Waals surface area contributed by atoms with Crippen LogP contribution in [0.5, 0.6) is 0 Å². The molecule has 0 unspecified atom stereocenters. The molecule has 2 rings (SSSR count). The maximum absolute atomic E-state index is 12.0. The van der Waals surface area contributed by atoms with E-state index in [1.54, 1.807) is 24.4 Å². The van der Waals surface area contributed by atoms with Gasteiger partial charge in [0.05, 0.1) is 22.4 Å². The van der Waals surface area contributed by atoms with Crippen molar-refractivity contribution in [3.05, 3.63) is 69.8 Å². The van der Waals surface area contributed by atoms with E-state index >= 15 is 0 Å². The number of allylic oxidation sites excluding steroid dienone is 1. The number of hydrogen-bond donors (Lipinski definition) is 0. The summed E-state index contributed by atoms with van der Waals surface area (Å²) in [5.41, 5.74) is 1.38. The molecule has 6 nitrogen and oxygen atoms in total. The molecule has 1 aromatic heterocycles. The van der Waals surface area contributed by atoms with Gasteiger partial charge in [0.25, 0.3) is 5.69 Å². The van der Waals surface area contributed by atoms with Gasteiger partial charge in [-0.1, -0.05) is 25.5 Å². The molecule has 0 amide bonds. The predicted molar refractivity (Wildman–Crippen MR) is 82.5 cm³/mol. The first kappa shape index (κ1) is 15.5. The molecule has 1 aromatic carbocycles. The number of nitro benzene ring substituents is 1. The molecule has 22 heavy (non-hydrogen) atoms. The summed E-state index contributed by atoms with van der Waals surface area (Å²) in [4.78, 5) is 30.7. The number of rotatable bonds is 6. The van der Waals surface area contributed by atoms with E-state index < -0.39 is 4.92 Å². The number of benzene rings is 1. The van der Waals surface area contributed by atoms with Gasteiger partial charge in [0.1, 0.15) is 5.69 Å². The van der Waals surface area contributed by atoms with Crippen LogP contribution in [-0.2, 0) is 6.42 Å². The molecule has 0 bridgehead atoms. The summed E-state index contributed by atoms with van der Waals surface area (Å²) < 4.78 is 0. The number of aryl methyl sites for hydroxylation is 1. The molecule has 1 heterocycles. The summed E-state index contributed by atoms with van der Waals surface area (Å²) in [6, 6.07) is 6.23. The molecule has 0 radical (unpaired) electrons. The summed E-state index contributed by atoms with van der Waals surface area (Å²) in [5.74, 6) is -0.339. The second-order valence-electron chi connectivity index (χ2n) is 4.66. The zero-order valence-electron chi connectivity index (χ0n) is 12.1. The van der Waals surface area contributed by atoms with Crippen molar-refractivity contribution in [2.24, 2.45) is 0 Å². The van der Waals surface area contributed by atoms with Crippen molar-refractivity contribution >= 4 is 17.5 Å². The van der Waals surface area contributed by atoms with Crippen molar-refractivity contribution in [3.8, 4) is 0 Å². The highest BCUT2D eigenvalue weighted by Gasteiger charge is 2.10. The molecule has 112 valence electrons. The van der Waals surface area contributed by atoms with Gasteiger partial charge >= 0.3 is 0 Å². The average molecular weight is 297 g/mol. The zero-order valence-corrected chi connectivity index (χ0v) is 12.1. The number of nitro groups is 1. The lowest BCUT2D eigenvalue weighted by Gasteiger charge is -1.99. The number of aromatic nitrogens is 2. The fourth-order valence-corrected chi connectivity index (χ4v) is 1.91. The van der Waals surface area contributed by atoms with E-state index in [0.29, 0.717) is 5.56 Å². The largest absolute Gasteiger partial charge is 0.287 e. The number of hydrogen-bond acceptors (Lipinski definition) is 5. The van der Waals surface area contributed by atoms with Crippen molar-refractivity contribution in [2.75, 3.05) is 0 Å². The minimum atomic E-state index is -0.483. The second kappa shape index (κ2) is 7.21. The van der Waals surface area contributed by atoms with Gasteiger partial charge < -0.3 is 0 Å². The standard InChI is InChI=1S/C16H15N3O3/c1-2-5-13-10-18-14(11-17-13)16(20)9-8-12-6-3-4-7-15(12)19(21)22/h3-4,6-11H,2,5H2,1H3/b9-8+. The summed E-state index contributed by atoms with van der Waals surface area (Å²) in [7, 11) is 0.